The number of benzene rings is 2. The van der Waals surface area contributed by atoms with Gasteiger partial charge in [-0.05, 0) is 50.2 Å². The molecule has 0 fully saturated rings. The van der Waals surface area contributed by atoms with Crippen LogP contribution >= 0.6 is 11.8 Å². The van der Waals surface area contributed by atoms with Crippen molar-refractivity contribution in [2.75, 3.05) is 32.4 Å². The van der Waals surface area contributed by atoms with Gasteiger partial charge in [-0.3, -0.25) is 4.79 Å². The highest BCUT2D eigenvalue weighted by molar-refractivity contribution is 8.00. The highest BCUT2D eigenvalue weighted by atomic mass is 32.2. The molecule has 0 atom stereocenters. The Hall–Kier alpha value is -2.43. The Morgan fingerprint density at radius 3 is 2.20 bits per heavy atom. The van der Waals surface area contributed by atoms with E-state index in [4.69, 9.17) is 14.2 Å². The van der Waals surface area contributed by atoms with Crippen molar-refractivity contribution in [2.45, 2.75) is 29.7 Å². The quantitative estimate of drug-likeness (QED) is 0.532. The van der Waals surface area contributed by atoms with Gasteiger partial charge in [0.15, 0.2) is 11.5 Å². The summed E-state index contributed by atoms with van der Waals surface area (Å²) in [6, 6.07) is 9.42. The molecule has 8 nitrogen and oxygen atoms in total. The van der Waals surface area contributed by atoms with Crippen molar-refractivity contribution in [2.24, 2.45) is 0 Å². The second-order valence-corrected chi connectivity index (χ2v) is 9.25. The summed E-state index contributed by atoms with van der Waals surface area (Å²) in [6.45, 7) is 3.46. The summed E-state index contributed by atoms with van der Waals surface area (Å²) in [7, 11) is 0.842. The van der Waals surface area contributed by atoms with Gasteiger partial charge in [-0.2, -0.15) is 0 Å². The van der Waals surface area contributed by atoms with Gasteiger partial charge in [-0.15, -0.1) is 11.8 Å². The summed E-state index contributed by atoms with van der Waals surface area (Å²) in [5.74, 6) is 1.34. The van der Waals surface area contributed by atoms with Crippen LogP contribution in [-0.4, -0.2) is 47.4 Å². The van der Waals surface area contributed by atoms with E-state index in [0.717, 1.165) is 4.90 Å². The first kappa shape index (κ1) is 23.8. The molecule has 0 unspecified atom stereocenters. The number of sulfonamides is 1. The lowest BCUT2D eigenvalue weighted by Gasteiger charge is -2.14. The normalized spacial score (nSPS) is 11.3. The average molecular weight is 455 g/mol. The number of thioether (sulfide) groups is 1. The van der Waals surface area contributed by atoms with Gasteiger partial charge >= 0.3 is 0 Å². The number of carbonyl (C=O) groups excluding carboxylic acids is 1. The summed E-state index contributed by atoms with van der Waals surface area (Å²) < 4.78 is 43.1. The fraction of sp³-hybridized carbons (Fsp3) is 0.350. The maximum Gasteiger partial charge on any atom is 0.240 e. The van der Waals surface area contributed by atoms with Crippen LogP contribution in [0, 0.1) is 0 Å². The van der Waals surface area contributed by atoms with Crippen LogP contribution in [-0.2, 0) is 14.8 Å². The number of hydrogen-bond donors (Lipinski definition) is 2. The van der Waals surface area contributed by atoms with Crippen molar-refractivity contribution in [3.8, 4) is 17.2 Å². The lowest BCUT2D eigenvalue weighted by molar-refractivity contribution is -0.113. The maximum absolute atomic E-state index is 12.5. The third-order valence-electron chi connectivity index (χ3n) is 3.87. The van der Waals surface area contributed by atoms with E-state index in [9.17, 15) is 13.2 Å². The molecule has 1 amide bonds. The Balaban J connectivity index is 2.13. The van der Waals surface area contributed by atoms with E-state index in [1.54, 1.807) is 40.2 Å². The van der Waals surface area contributed by atoms with Gasteiger partial charge in [0.2, 0.25) is 15.9 Å². The third kappa shape index (κ3) is 6.28. The zero-order chi connectivity index (χ0) is 22.3. The molecule has 2 aromatic rings. The lowest BCUT2D eigenvalue weighted by Crippen LogP contribution is -2.30. The molecule has 0 radical (unpaired) electrons. The number of hydrogen-bond acceptors (Lipinski definition) is 7. The second kappa shape index (κ2) is 10.6. The summed E-state index contributed by atoms with van der Waals surface area (Å²) in [6.07, 6.45) is 0. The predicted molar refractivity (Wildman–Crippen MR) is 117 cm³/mol. The smallest absolute Gasteiger partial charge is 0.240 e. The Morgan fingerprint density at radius 2 is 1.60 bits per heavy atom. The van der Waals surface area contributed by atoms with E-state index >= 15 is 0 Å². The molecule has 0 heterocycles. The van der Waals surface area contributed by atoms with E-state index in [1.807, 2.05) is 6.07 Å². The average Bonchev–Trinajstić information content (AvgIpc) is 2.71. The standard InChI is InChI=1S/C20H26N2O6S2/c1-13(2)22-30(24,25)15-7-9-17(26-3)16(11-15)21-20(23)12-29-14-6-8-18(27-4)19(10-14)28-5/h6-11,13,22H,12H2,1-5H3,(H,21,23). The van der Waals surface area contributed by atoms with Crippen LogP contribution in [0.15, 0.2) is 46.2 Å². The first-order valence-corrected chi connectivity index (χ1v) is 11.5. The van der Waals surface area contributed by atoms with Crippen LogP contribution in [0.4, 0.5) is 5.69 Å². The van der Waals surface area contributed by atoms with E-state index in [0.29, 0.717) is 17.2 Å². The minimum Gasteiger partial charge on any atom is -0.495 e. The minimum atomic E-state index is -3.70. The molecule has 164 valence electrons. The van der Waals surface area contributed by atoms with Gasteiger partial charge in [-0.25, -0.2) is 13.1 Å². The highest BCUT2D eigenvalue weighted by Gasteiger charge is 2.18. The zero-order valence-corrected chi connectivity index (χ0v) is 19.1. The number of ether oxygens (including phenoxy) is 3. The van der Waals surface area contributed by atoms with E-state index in [-0.39, 0.29) is 28.3 Å². The van der Waals surface area contributed by atoms with Gasteiger partial charge in [-0.1, -0.05) is 0 Å². The Kier molecular flexibility index (Phi) is 8.39. The zero-order valence-electron chi connectivity index (χ0n) is 17.5. The monoisotopic (exact) mass is 454 g/mol. The minimum absolute atomic E-state index is 0.0415. The molecule has 0 aromatic heterocycles. The predicted octanol–water partition coefficient (Wildman–Crippen LogP) is 3.13. The number of rotatable bonds is 10. The molecule has 0 saturated heterocycles. The summed E-state index contributed by atoms with van der Waals surface area (Å²) in [5.41, 5.74) is 0.280. The lowest BCUT2D eigenvalue weighted by atomic mass is 10.3. The van der Waals surface area contributed by atoms with Gasteiger partial charge in [0, 0.05) is 10.9 Å². The van der Waals surface area contributed by atoms with Gasteiger partial charge in [0.1, 0.15) is 5.75 Å². The Bertz CT molecular complexity index is 993. The number of carbonyl (C=O) groups is 1. The molecule has 0 aliphatic carbocycles. The molecule has 2 aromatic carbocycles. The molecule has 0 aliphatic heterocycles. The van der Waals surface area contributed by atoms with Crippen molar-refractivity contribution in [1.82, 2.24) is 4.72 Å². The Morgan fingerprint density at radius 1 is 0.967 bits per heavy atom. The van der Waals surface area contributed by atoms with E-state index < -0.39 is 10.0 Å². The topological polar surface area (TPSA) is 103 Å². The summed E-state index contributed by atoms with van der Waals surface area (Å²) in [5, 5.41) is 2.72. The molecule has 0 bridgehead atoms. The van der Waals surface area contributed by atoms with Crippen LogP contribution in [0.1, 0.15) is 13.8 Å². The third-order valence-corrected chi connectivity index (χ3v) is 6.52. The number of nitrogens with one attached hydrogen (secondary N) is 2. The fourth-order valence-electron chi connectivity index (χ4n) is 2.57. The highest BCUT2D eigenvalue weighted by Crippen LogP contribution is 2.32. The molecule has 2 rings (SSSR count). The van der Waals surface area contributed by atoms with Crippen molar-refractivity contribution in [3.63, 3.8) is 0 Å². The van der Waals surface area contributed by atoms with Crippen molar-refractivity contribution in [1.29, 1.82) is 0 Å². The first-order chi connectivity index (χ1) is 14.2. The molecular weight excluding hydrogens is 428 g/mol. The van der Waals surface area contributed by atoms with Crippen molar-refractivity contribution in [3.05, 3.63) is 36.4 Å². The van der Waals surface area contributed by atoms with Gasteiger partial charge < -0.3 is 19.5 Å². The van der Waals surface area contributed by atoms with Crippen LogP contribution < -0.4 is 24.2 Å². The molecule has 10 heteroatoms. The van der Waals surface area contributed by atoms with Crippen LogP contribution in [0.2, 0.25) is 0 Å². The SMILES string of the molecule is COc1ccc(S(=O)(=O)NC(C)C)cc1NC(=O)CSc1ccc(OC)c(OC)c1. The molecule has 0 spiro atoms. The van der Waals surface area contributed by atoms with Gasteiger partial charge in [0.25, 0.3) is 0 Å². The summed E-state index contributed by atoms with van der Waals surface area (Å²) >= 11 is 1.31. The molecule has 2 N–H and O–H groups in total. The van der Waals surface area contributed by atoms with Crippen molar-refractivity contribution >= 4 is 33.4 Å². The second-order valence-electron chi connectivity index (χ2n) is 6.49. The largest absolute Gasteiger partial charge is 0.495 e. The van der Waals surface area contributed by atoms with Crippen LogP contribution in [0.25, 0.3) is 0 Å². The van der Waals surface area contributed by atoms with Crippen LogP contribution in [0.3, 0.4) is 0 Å². The summed E-state index contributed by atoms with van der Waals surface area (Å²) in [4.78, 5) is 13.3. The number of amides is 1. The number of anilines is 1. The van der Waals surface area contributed by atoms with Crippen molar-refractivity contribution < 1.29 is 27.4 Å². The van der Waals surface area contributed by atoms with Crippen LogP contribution in [0.5, 0.6) is 17.2 Å². The first-order valence-electron chi connectivity index (χ1n) is 9.05. The fourth-order valence-corrected chi connectivity index (χ4v) is 4.57. The van der Waals surface area contributed by atoms with E-state index in [1.165, 1.54) is 37.1 Å². The maximum atomic E-state index is 12.5. The van der Waals surface area contributed by atoms with E-state index in [2.05, 4.69) is 10.0 Å². The molecule has 0 aliphatic rings. The molecular formula is C20H26N2O6S2. The molecule has 30 heavy (non-hydrogen) atoms. The number of methoxy groups -OCH3 is 3. The molecule has 0 saturated carbocycles. The van der Waals surface area contributed by atoms with Gasteiger partial charge in [0.05, 0.1) is 37.7 Å². The Labute approximate surface area is 181 Å².